The van der Waals surface area contributed by atoms with Crippen LogP contribution in [-0.2, 0) is 0 Å². The lowest BCUT2D eigenvalue weighted by Gasteiger charge is -2.29. The van der Waals surface area contributed by atoms with Gasteiger partial charge in [-0.05, 0) is 19.8 Å². The maximum absolute atomic E-state index is 7.71. The molecule has 1 N–H and O–H groups in total. The summed E-state index contributed by atoms with van der Waals surface area (Å²) in [5.74, 6) is 2.68. The number of rotatable bonds is 5. The molecule has 1 atom stereocenters. The van der Waals surface area contributed by atoms with E-state index < -0.39 is 0 Å². The van der Waals surface area contributed by atoms with E-state index >= 15 is 0 Å². The lowest BCUT2D eigenvalue weighted by atomic mass is 9.74. The smallest absolute Gasteiger partial charge is 0.0195 e. The second-order valence-electron chi connectivity index (χ2n) is 3.39. The summed E-state index contributed by atoms with van der Waals surface area (Å²) in [5, 5.41) is 7.71. The fraction of sp³-hybridized carbons (Fsp3) is 0.727. The first-order chi connectivity index (χ1) is 5.63. The first kappa shape index (κ1) is 11.2. The fourth-order valence-corrected chi connectivity index (χ4v) is 1.65. The van der Waals surface area contributed by atoms with E-state index in [0.29, 0.717) is 6.42 Å². The minimum atomic E-state index is -0.0104. The highest BCUT2D eigenvalue weighted by Gasteiger charge is 2.28. The van der Waals surface area contributed by atoms with Crippen LogP contribution in [-0.4, -0.2) is 5.71 Å². The zero-order valence-corrected chi connectivity index (χ0v) is 8.41. The quantitative estimate of drug-likeness (QED) is 0.477. The summed E-state index contributed by atoms with van der Waals surface area (Å²) in [6.07, 6.45) is 9.16. The van der Waals surface area contributed by atoms with E-state index in [4.69, 9.17) is 11.8 Å². The highest BCUT2D eigenvalue weighted by atomic mass is 14.5. The molecule has 1 nitrogen and oxygen atoms in total. The predicted molar refractivity (Wildman–Crippen MR) is 54.5 cm³/mol. The van der Waals surface area contributed by atoms with Crippen LogP contribution in [0, 0.1) is 23.2 Å². The molecular weight excluding hydrogens is 146 g/mol. The zero-order chi connectivity index (χ0) is 9.61. The third-order valence-corrected chi connectivity index (χ3v) is 2.64. The van der Waals surface area contributed by atoms with Gasteiger partial charge in [-0.25, -0.2) is 0 Å². The Morgan fingerprint density at radius 3 is 2.33 bits per heavy atom. The Labute approximate surface area is 76.1 Å². The molecule has 0 aliphatic carbocycles. The molecule has 0 aromatic heterocycles. The van der Waals surface area contributed by atoms with Gasteiger partial charge in [0, 0.05) is 17.5 Å². The normalized spacial score (nSPS) is 14.8. The fourth-order valence-electron chi connectivity index (χ4n) is 1.65. The average molecular weight is 165 g/mol. The van der Waals surface area contributed by atoms with E-state index in [-0.39, 0.29) is 5.41 Å². The molecule has 0 spiro atoms. The summed E-state index contributed by atoms with van der Waals surface area (Å²) < 4.78 is 0. The summed E-state index contributed by atoms with van der Waals surface area (Å²) in [5.41, 5.74) is 0.730. The highest BCUT2D eigenvalue weighted by molar-refractivity contribution is 5.85. The average Bonchev–Trinajstić information content (AvgIpc) is 2.03. The first-order valence-corrected chi connectivity index (χ1v) is 4.62. The molecule has 0 rings (SSSR count). The Balaban J connectivity index is 4.53. The Bertz CT molecular complexity index is 188. The van der Waals surface area contributed by atoms with Crippen LogP contribution in [0.4, 0.5) is 0 Å². The molecular formula is C11H19N. The summed E-state index contributed by atoms with van der Waals surface area (Å²) in [6.45, 7) is 6.13. The lowest BCUT2D eigenvalue weighted by Crippen LogP contribution is -2.27. The van der Waals surface area contributed by atoms with Crippen LogP contribution in [0.5, 0.6) is 0 Å². The largest absolute Gasteiger partial charge is 0.309 e. The lowest BCUT2D eigenvalue weighted by molar-refractivity contribution is 0.373. The third kappa shape index (κ3) is 2.37. The van der Waals surface area contributed by atoms with Gasteiger partial charge in [-0.15, -0.1) is 12.3 Å². The van der Waals surface area contributed by atoms with E-state index in [2.05, 4.69) is 19.8 Å². The van der Waals surface area contributed by atoms with Gasteiger partial charge in [0.15, 0.2) is 0 Å². The van der Waals surface area contributed by atoms with Crippen molar-refractivity contribution in [2.45, 2.75) is 46.5 Å². The van der Waals surface area contributed by atoms with Crippen LogP contribution in [0.1, 0.15) is 46.5 Å². The van der Waals surface area contributed by atoms with E-state index in [1.54, 1.807) is 0 Å². The Morgan fingerprint density at radius 2 is 2.08 bits per heavy atom. The standard InChI is InChI=1S/C11H19N/c1-5-8-11(7-3,9-6-2)10(4)12/h1,12H,6-9H2,2-4H3. The van der Waals surface area contributed by atoms with E-state index in [0.717, 1.165) is 25.0 Å². The van der Waals surface area contributed by atoms with Crippen molar-refractivity contribution in [2.75, 3.05) is 0 Å². The van der Waals surface area contributed by atoms with E-state index in [9.17, 15) is 0 Å². The second-order valence-corrected chi connectivity index (χ2v) is 3.39. The van der Waals surface area contributed by atoms with Crippen molar-refractivity contribution in [3.8, 4) is 12.3 Å². The Hall–Kier alpha value is -0.770. The summed E-state index contributed by atoms with van der Waals surface area (Å²) in [6, 6.07) is 0. The van der Waals surface area contributed by atoms with Gasteiger partial charge in [-0.2, -0.15) is 0 Å². The topological polar surface area (TPSA) is 23.9 Å². The molecule has 0 heterocycles. The molecule has 1 heteroatoms. The molecule has 0 amide bonds. The molecule has 0 radical (unpaired) electrons. The van der Waals surface area contributed by atoms with Crippen molar-refractivity contribution in [1.82, 2.24) is 0 Å². The molecule has 0 fully saturated rings. The highest BCUT2D eigenvalue weighted by Crippen LogP contribution is 2.32. The van der Waals surface area contributed by atoms with Crippen LogP contribution in [0.2, 0.25) is 0 Å². The molecule has 0 saturated carbocycles. The minimum absolute atomic E-state index is 0.0104. The maximum atomic E-state index is 7.71. The predicted octanol–water partition coefficient (Wildman–Crippen LogP) is 3.25. The number of nitrogens with one attached hydrogen (secondary N) is 1. The monoisotopic (exact) mass is 165 g/mol. The van der Waals surface area contributed by atoms with Crippen LogP contribution >= 0.6 is 0 Å². The van der Waals surface area contributed by atoms with E-state index in [1.807, 2.05) is 6.92 Å². The van der Waals surface area contributed by atoms with Crippen molar-refractivity contribution >= 4 is 5.71 Å². The van der Waals surface area contributed by atoms with Gasteiger partial charge in [-0.1, -0.05) is 20.3 Å². The van der Waals surface area contributed by atoms with Gasteiger partial charge in [0.25, 0.3) is 0 Å². The van der Waals surface area contributed by atoms with Crippen molar-refractivity contribution in [2.24, 2.45) is 5.41 Å². The molecule has 0 aliphatic rings. The first-order valence-electron chi connectivity index (χ1n) is 4.62. The molecule has 0 aliphatic heterocycles. The molecule has 0 saturated heterocycles. The van der Waals surface area contributed by atoms with Gasteiger partial charge < -0.3 is 5.41 Å². The maximum Gasteiger partial charge on any atom is 0.0195 e. The number of hydrogen-bond donors (Lipinski definition) is 1. The van der Waals surface area contributed by atoms with Gasteiger partial charge in [-0.3, -0.25) is 0 Å². The molecule has 0 bridgehead atoms. The molecule has 68 valence electrons. The van der Waals surface area contributed by atoms with Crippen LogP contribution in [0.3, 0.4) is 0 Å². The van der Waals surface area contributed by atoms with Gasteiger partial charge in [0.1, 0.15) is 0 Å². The Kier molecular flexibility index (Phi) is 4.66. The van der Waals surface area contributed by atoms with Crippen molar-refractivity contribution in [3.63, 3.8) is 0 Å². The van der Waals surface area contributed by atoms with Gasteiger partial charge in [0.2, 0.25) is 0 Å². The molecule has 0 aromatic rings. The molecule has 12 heavy (non-hydrogen) atoms. The second kappa shape index (κ2) is 4.98. The number of hydrogen-bond acceptors (Lipinski definition) is 1. The van der Waals surface area contributed by atoms with Crippen molar-refractivity contribution < 1.29 is 0 Å². The van der Waals surface area contributed by atoms with Gasteiger partial charge >= 0.3 is 0 Å². The number of terminal acetylenes is 1. The minimum Gasteiger partial charge on any atom is -0.309 e. The summed E-state index contributed by atoms with van der Waals surface area (Å²) >= 11 is 0. The van der Waals surface area contributed by atoms with Crippen molar-refractivity contribution in [1.29, 1.82) is 5.41 Å². The SMILES string of the molecule is C#CCC(CC)(CCC)C(C)=N. The molecule has 1 unspecified atom stereocenters. The third-order valence-electron chi connectivity index (χ3n) is 2.64. The summed E-state index contributed by atoms with van der Waals surface area (Å²) in [4.78, 5) is 0. The summed E-state index contributed by atoms with van der Waals surface area (Å²) in [7, 11) is 0. The van der Waals surface area contributed by atoms with Crippen LogP contribution in [0.15, 0.2) is 0 Å². The Morgan fingerprint density at radius 1 is 1.50 bits per heavy atom. The van der Waals surface area contributed by atoms with Crippen LogP contribution in [0.25, 0.3) is 0 Å². The zero-order valence-electron chi connectivity index (χ0n) is 8.41. The van der Waals surface area contributed by atoms with E-state index in [1.165, 1.54) is 0 Å². The van der Waals surface area contributed by atoms with Crippen molar-refractivity contribution in [3.05, 3.63) is 0 Å². The van der Waals surface area contributed by atoms with Crippen LogP contribution < -0.4 is 0 Å². The van der Waals surface area contributed by atoms with Gasteiger partial charge in [0.05, 0.1) is 0 Å². The molecule has 0 aromatic carbocycles.